The summed E-state index contributed by atoms with van der Waals surface area (Å²) >= 11 is 0. The van der Waals surface area contributed by atoms with E-state index in [0.717, 1.165) is 53.7 Å². The molecule has 0 bridgehead atoms. The van der Waals surface area contributed by atoms with Crippen LogP contribution < -0.4 is 10.8 Å². The minimum Gasteiger partial charge on any atom is -0.502 e. The van der Waals surface area contributed by atoms with Gasteiger partial charge in [0.25, 0.3) is 0 Å². The molecule has 0 saturated heterocycles. The van der Waals surface area contributed by atoms with E-state index >= 15 is 0 Å². The topological polar surface area (TPSA) is 35.3 Å². The molecule has 3 rings (SSSR count). The molecule has 2 aliphatic rings. The van der Waals surface area contributed by atoms with Crippen molar-refractivity contribution in [1.82, 2.24) is 4.98 Å². The predicted molar refractivity (Wildman–Crippen MR) is 73.7 cm³/mol. The molecular formula is C14H16BNO2. The standard InChI is InChI=1S/C14H16BNO2/c15-9-17-12-7-3-1-5-10(12)14-16-11-6-2-4-8-13(11)18-14/h3,6-8H,1-2,4-5,9,15H2. The van der Waals surface area contributed by atoms with Gasteiger partial charge >= 0.3 is 0 Å². The zero-order chi connectivity index (χ0) is 12.4. The Kier molecular flexibility index (Phi) is 3.09. The molecule has 2 aliphatic carbocycles. The van der Waals surface area contributed by atoms with Crippen molar-refractivity contribution in [3.63, 3.8) is 0 Å². The first-order valence-corrected chi connectivity index (χ1v) is 6.58. The van der Waals surface area contributed by atoms with E-state index in [-0.39, 0.29) is 0 Å². The van der Waals surface area contributed by atoms with E-state index in [2.05, 4.69) is 23.2 Å². The predicted octanol–water partition coefficient (Wildman–Crippen LogP) is 0.698. The molecule has 0 N–H and O–H groups in total. The maximum absolute atomic E-state index is 5.85. The lowest BCUT2D eigenvalue weighted by molar-refractivity contribution is 0.281. The fourth-order valence-electron chi connectivity index (χ4n) is 2.34. The second kappa shape index (κ2) is 4.88. The van der Waals surface area contributed by atoms with Crippen LogP contribution in [0.2, 0.25) is 0 Å². The maximum atomic E-state index is 5.85. The molecule has 3 nitrogen and oxygen atoms in total. The Morgan fingerprint density at radius 3 is 3.00 bits per heavy atom. The molecule has 0 saturated carbocycles. The van der Waals surface area contributed by atoms with E-state index in [1.165, 1.54) is 0 Å². The van der Waals surface area contributed by atoms with E-state index in [0.29, 0.717) is 6.51 Å². The first kappa shape index (κ1) is 11.4. The van der Waals surface area contributed by atoms with Crippen LogP contribution in [0.15, 0.2) is 22.3 Å². The molecule has 0 spiro atoms. The van der Waals surface area contributed by atoms with Gasteiger partial charge < -0.3 is 9.15 Å². The third kappa shape index (κ3) is 2.03. The van der Waals surface area contributed by atoms with Crippen molar-refractivity contribution in [2.45, 2.75) is 25.7 Å². The number of allylic oxidation sites excluding steroid dienone is 3. The zero-order valence-electron chi connectivity index (χ0n) is 10.6. The quantitative estimate of drug-likeness (QED) is 0.730. The summed E-state index contributed by atoms with van der Waals surface area (Å²) in [5, 5.41) is 0.981. The van der Waals surface area contributed by atoms with Gasteiger partial charge in [-0.3, -0.25) is 0 Å². The molecule has 92 valence electrons. The largest absolute Gasteiger partial charge is 0.502 e. The summed E-state index contributed by atoms with van der Waals surface area (Å²) in [5.41, 5.74) is 2.00. The molecule has 1 aromatic rings. The highest BCUT2D eigenvalue weighted by Gasteiger charge is 2.17. The van der Waals surface area contributed by atoms with Crippen LogP contribution in [0.3, 0.4) is 0 Å². The van der Waals surface area contributed by atoms with Gasteiger partial charge in [-0.1, -0.05) is 12.2 Å². The summed E-state index contributed by atoms with van der Waals surface area (Å²) in [6, 6.07) is 0. The highest BCUT2D eigenvalue weighted by atomic mass is 16.5. The molecule has 1 aromatic heterocycles. The van der Waals surface area contributed by atoms with Gasteiger partial charge in [0.15, 0.2) is 13.3 Å². The first-order valence-electron chi connectivity index (χ1n) is 6.58. The number of rotatable bonds is 3. The Morgan fingerprint density at radius 1 is 1.28 bits per heavy atom. The van der Waals surface area contributed by atoms with Gasteiger partial charge in [0, 0.05) is 0 Å². The molecule has 0 atom stereocenters. The molecular weight excluding hydrogens is 225 g/mol. The van der Waals surface area contributed by atoms with Gasteiger partial charge in [-0.05, 0) is 37.8 Å². The van der Waals surface area contributed by atoms with Crippen LogP contribution in [-0.4, -0.2) is 19.3 Å². The molecule has 1 heterocycles. The highest BCUT2D eigenvalue weighted by molar-refractivity contribution is 6.08. The minimum atomic E-state index is 0.668. The van der Waals surface area contributed by atoms with E-state index in [4.69, 9.17) is 9.15 Å². The normalized spacial score (nSPS) is 18.0. The van der Waals surface area contributed by atoms with Crippen molar-refractivity contribution in [1.29, 1.82) is 0 Å². The average molecular weight is 241 g/mol. The van der Waals surface area contributed by atoms with Crippen molar-refractivity contribution < 1.29 is 9.15 Å². The average Bonchev–Trinajstić information content (AvgIpc) is 2.83. The Bertz CT molecular complexity index is 591. The van der Waals surface area contributed by atoms with Crippen molar-refractivity contribution in [3.05, 3.63) is 34.6 Å². The Balaban J connectivity index is 2.08. The highest BCUT2D eigenvalue weighted by Crippen LogP contribution is 2.26. The van der Waals surface area contributed by atoms with E-state index < -0.39 is 0 Å². The lowest BCUT2D eigenvalue weighted by atomic mass is 10.0. The SMILES string of the molecule is BCOC1=C(c2nc3c(o2)=CCCC=3)CCC=C1. The summed E-state index contributed by atoms with van der Waals surface area (Å²) in [4.78, 5) is 4.58. The fourth-order valence-corrected chi connectivity index (χ4v) is 2.34. The Labute approximate surface area is 107 Å². The van der Waals surface area contributed by atoms with Crippen LogP contribution >= 0.6 is 0 Å². The summed E-state index contributed by atoms with van der Waals surface area (Å²) in [6.45, 7) is 0.668. The molecule has 0 aromatic carbocycles. The summed E-state index contributed by atoms with van der Waals surface area (Å²) in [6.07, 6.45) is 12.5. The Morgan fingerprint density at radius 2 is 2.17 bits per heavy atom. The maximum Gasteiger partial charge on any atom is 0.226 e. The van der Waals surface area contributed by atoms with Gasteiger partial charge in [0.2, 0.25) is 5.89 Å². The van der Waals surface area contributed by atoms with Crippen LogP contribution in [0.1, 0.15) is 31.6 Å². The number of ether oxygens (including phenoxy) is 1. The van der Waals surface area contributed by atoms with Crippen LogP contribution in [0, 0.1) is 0 Å². The number of aromatic nitrogens is 1. The molecule has 0 fully saturated rings. The van der Waals surface area contributed by atoms with Gasteiger partial charge in [-0.25, -0.2) is 4.98 Å². The van der Waals surface area contributed by atoms with Crippen LogP contribution in [0.4, 0.5) is 0 Å². The molecule has 0 unspecified atom stereocenters. The molecule has 0 radical (unpaired) electrons. The van der Waals surface area contributed by atoms with E-state index in [9.17, 15) is 0 Å². The van der Waals surface area contributed by atoms with Crippen LogP contribution in [-0.2, 0) is 4.74 Å². The first-order chi connectivity index (χ1) is 8.88. The van der Waals surface area contributed by atoms with Gasteiger partial charge in [-0.15, -0.1) is 0 Å². The fraction of sp³-hybridized carbons (Fsp3) is 0.357. The third-order valence-electron chi connectivity index (χ3n) is 3.20. The second-order valence-corrected chi connectivity index (χ2v) is 4.47. The van der Waals surface area contributed by atoms with Gasteiger partial charge in [0.1, 0.15) is 11.1 Å². The van der Waals surface area contributed by atoms with Crippen LogP contribution in [0.5, 0.6) is 0 Å². The van der Waals surface area contributed by atoms with E-state index in [1.807, 2.05) is 13.9 Å². The van der Waals surface area contributed by atoms with E-state index in [1.54, 1.807) is 0 Å². The van der Waals surface area contributed by atoms with Crippen molar-refractivity contribution in [2.75, 3.05) is 6.51 Å². The molecule has 0 aliphatic heterocycles. The number of nitrogens with zero attached hydrogens (tertiary/aromatic N) is 1. The number of hydrogen-bond donors (Lipinski definition) is 0. The molecule has 0 amide bonds. The lowest BCUT2D eigenvalue weighted by Crippen LogP contribution is -2.23. The monoisotopic (exact) mass is 241 g/mol. The van der Waals surface area contributed by atoms with Gasteiger partial charge in [-0.2, -0.15) is 0 Å². The summed E-state index contributed by atoms with van der Waals surface area (Å²) in [5.74, 6) is 1.63. The summed E-state index contributed by atoms with van der Waals surface area (Å²) < 4.78 is 11.5. The van der Waals surface area contributed by atoms with Crippen LogP contribution in [0.25, 0.3) is 17.7 Å². The second-order valence-electron chi connectivity index (χ2n) is 4.47. The zero-order valence-corrected chi connectivity index (χ0v) is 10.6. The number of oxazole rings is 1. The molecule has 4 heteroatoms. The summed E-state index contributed by atoms with van der Waals surface area (Å²) in [7, 11) is 2.00. The lowest BCUT2D eigenvalue weighted by Gasteiger charge is -2.13. The number of hydrogen-bond acceptors (Lipinski definition) is 3. The van der Waals surface area contributed by atoms with Crippen molar-refractivity contribution in [2.24, 2.45) is 0 Å². The van der Waals surface area contributed by atoms with Crippen molar-refractivity contribution in [3.8, 4) is 0 Å². The Hall–Kier alpha value is -1.71. The number of fused-ring (bicyclic) bond motifs is 1. The third-order valence-corrected chi connectivity index (χ3v) is 3.20. The van der Waals surface area contributed by atoms with Crippen molar-refractivity contribution >= 4 is 25.6 Å². The molecule has 18 heavy (non-hydrogen) atoms. The van der Waals surface area contributed by atoms with Gasteiger partial charge in [0.05, 0.1) is 12.1 Å². The smallest absolute Gasteiger partial charge is 0.226 e. The minimum absolute atomic E-state index is 0.668.